The summed E-state index contributed by atoms with van der Waals surface area (Å²) in [7, 11) is 0. The maximum atomic E-state index is 9.39. The summed E-state index contributed by atoms with van der Waals surface area (Å²) < 4.78 is 5.59. The number of hydrogen-bond donors (Lipinski definition) is 2. The fourth-order valence-corrected chi connectivity index (χ4v) is 1.64. The second kappa shape index (κ2) is 6.58. The Bertz CT molecular complexity index is 192. The van der Waals surface area contributed by atoms with Gasteiger partial charge in [0.25, 0.3) is 0 Å². The molecule has 1 aliphatic carbocycles. The Morgan fingerprint density at radius 3 is 2.56 bits per heavy atom. The molecule has 2 N–H and O–H groups in total. The number of aliphatic hydroxyl groups excluding tert-OH is 1. The highest BCUT2D eigenvalue weighted by Crippen LogP contribution is 2.23. The fourth-order valence-electron chi connectivity index (χ4n) is 1.64. The molecule has 0 bridgehead atoms. The lowest BCUT2D eigenvalue weighted by Gasteiger charge is -2.29. The minimum atomic E-state index is -0.154. The van der Waals surface area contributed by atoms with Crippen LogP contribution < -0.4 is 5.32 Å². The van der Waals surface area contributed by atoms with E-state index >= 15 is 0 Å². The maximum absolute atomic E-state index is 9.39. The van der Waals surface area contributed by atoms with E-state index in [-0.39, 0.29) is 12.1 Å². The summed E-state index contributed by atoms with van der Waals surface area (Å²) in [6, 6.07) is 0.632. The van der Waals surface area contributed by atoms with Crippen LogP contribution in [0.5, 0.6) is 0 Å². The van der Waals surface area contributed by atoms with Crippen molar-refractivity contribution in [3.8, 4) is 0 Å². The summed E-state index contributed by atoms with van der Waals surface area (Å²) in [6.07, 6.45) is 4.51. The van der Waals surface area contributed by atoms with Crippen LogP contribution in [-0.4, -0.2) is 36.5 Å². The van der Waals surface area contributed by atoms with Gasteiger partial charge in [-0.2, -0.15) is 0 Å². The highest BCUT2D eigenvalue weighted by molar-refractivity contribution is 4.92. The summed E-state index contributed by atoms with van der Waals surface area (Å²) >= 11 is 0. The molecule has 1 atom stereocenters. The molecular weight excluding hydrogens is 202 g/mol. The third kappa shape index (κ3) is 5.83. The monoisotopic (exact) mass is 229 g/mol. The van der Waals surface area contributed by atoms with Gasteiger partial charge in [-0.1, -0.05) is 13.8 Å². The lowest BCUT2D eigenvalue weighted by molar-refractivity contribution is 0.0807. The first-order valence-electron chi connectivity index (χ1n) is 6.52. The van der Waals surface area contributed by atoms with Crippen LogP contribution in [0.15, 0.2) is 0 Å². The Morgan fingerprint density at radius 2 is 2.06 bits per heavy atom. The largest absolute Gasteiger partial charge is 0.394 e. The summed E-state index contributed by atoms with van der Waals surface area (Å²) in [4.78, 5) is 0. The van der Waals surface area contributed by atoms with E-state index in [1.165, 1.54) is 12.8 Å². The first-order chi connectivity index (χ1) is 7.56. The zero-order chi connectivity index (χ0) is 12.0. The summed E-state index contributed by atoms with van der Waals surface area (Å²) in [5.74, 6) is 0.703. The van der Waals surface area contributed by atoms with Crippen LogP contribution in [0.25, 0.3) is 0 Å². The van der Waals surface area contributed by atoms with E-state index in [1.54, 1.807) is 0 Å². The summed E-state index contributed by atoms with van der Waals surface area (Å²) in [5.41, 5.74) is -0.154. The van der Waals surface area contributed by atoms with E-state index in [4.69, 9.17) is 4.74 Å². The van der Waals surface area contributed by atoms with Gasteiger partial charge in [0.1, 0.15) is 0 Å². The van der Waals surface area contributed by atoms with Gasteiger partial charge in [-0.05, 0) is 38.5 Å². The van der Waals surface area contributed by atoms with Crippen molar-refractivity contribution in [1.82, 2.24) is 5.32 Å². The molecule has 16 heavy (non-hydrogen) atoms. The van der Waals surface area contributed by atoms with Crippen molar-refractivity contribution < 1.29 is 9.84 Å². The number of aliphatic hydroxyl groups is 1. The SMILES string of the molecule is CC(C)CCOCCC(C)(CO)NC1CC1. The molecule has 0 radical (unpaired) electrons. The van der Waals surface area contributed by atoms with Crippen molar-refractivity contribution in [2.45, 2.75) is 58.0 Å². The Balaban J connectivity index is 2.07. The van der Waals surface area contributed by atoms with E-state index < -0.39 is 0 Å². The molecule has 0 aromatic rings. The van der Waals surface area contributed by atoms with Crippen LogP contribution >= 0.6 is 0 Å². The minimum absolute atomic E-state index is 0.154. The summed E-state index contributed by atoms with van der Waals surface area (Å²) in [5, 5.41) is 12.9. The Kier molecular flexibility index (Phi) is 5.73. The van der Waals surface area contributed by atoms with Crippen molar-refractivity contribution >= 4 is 0 Å². The van der Waals surface area contributed by atoms with E-state index in [1.807, 2.05) is 0 Å². The fraction of sp³-hybridized carbons (Fsp3) is 1.00. The number of rotatable bonds is 9. The molecule has 96 valence electrons. The van der Waals surface area contributed by atoms with E-state index in [9.17, 15) is 5.11 Å². The van der Waals surface area contributed by atoms with Gasteiger partial charge in [0.15, 0.2) is 0 Å². The van der Waals surface area contributed by atoms with Crippen LogP contribution in [-0.2, 0) is 4.74 Å². The first-order valence-corrected chi connectivity index (χ1v) is 6.52. The van der Waals surface area contributed by atoms with E-state index in [0.717, 1.165) is 26.1 Å². The summed E-state index contributed by atoms with van der Waals surface area (Å²) in [6.45, 7) is 8.26. The predicted octanol–water partition coefficient (Wildman–Crippen LogP) is 1.94. The van der Waals surface area contributed by atoms with Gasteiger partial charge >= 0.3 is 0 Å². The van der Waals surface area contributed by atoms with Gasteiger partial charge in [0, 0.05) is 24.8 Å². The molecule has 0 heterocycles. The Hall–Kier alpha value is -0.120. The van der Waals surface area contributed by atoms with Crippen molar-refractivity contribution in [2.75, 3.05) is 19.8 Å². The molecule has 3 heteroatoms. The second-order valence-electron chi connectivity index (χ2n) is 5.68. The molecule has 0 aromatic carbocycles. The van der Waals surface area contributed by atoms with Crippen molar-refractivity contribution in [3.63, 3.8) is 0 Å². The van der Waals surface area contributed by atoms with Gasteiger partial charge in [-0.25, -0.2) is 0 Å². The first kappa shape index (κ1) is 13.9. The average Bonchev–Trinajstić information content (AvgIpc) is 3.01. The Labute approximate surface area is 99.6 Å². The third-order valence-electron chi connectivity index (χ3n) is 3.12. The van der Waals surface area contributed by atoms with Gasteiger partial charge < -0.3 is 15.2 Å². The van der Waals surface area contributed by atoms with Gasteiger partial charge in [-0.15, -0.1) is 0 Å². The van der Waals surface area contributed by atoms with Crippen molar-refractivity contribution in [2.24, 2.45) is 5.92 Å². The Morgan fingerprint density at radius 1 is 1.38 bits per heavy atom. The minimum Gasteiger partial charge on any atom is -0.394 e. The number of nitrogens with one attached hydrogen (secondary N) is 1. The molecule has 1 fully saturated rings. The number of ether oxygens (including phenoxy) is 1. The number of hydrogen-bond acceptors (Lipinski definition) is 3. The molecule has 1 aliphatic rings. The van der Waals surface area contributed by atoms with Crippen LogP contribution in [0.2, 0.25) is 0 Å². The normalized spacial score (nSPS) is 20.1. The zero-order valence-electron chi connectivity index (χ0n) is 11.0. The molecule has 0 saturated heterocycles. The lowest BCUT2D eigenvalue weighted by atomic mass is 9.99. The van der Waals surface area contributed by atoms with E-state index in [0.29, 0.717) is 12.0 Å². The van der Waals surface area contributed by atoms with Crippen LogP contribution in [0.3, 0.4) is 0 Å². The van der Waals surface area contributed by atoms with Crippen LogP contribution in [0, 0.1) is 5.92 Å². The van der Waals surface area contributed by atoms with Crippen molar-refractivity contribution in [1.29, 1.82) is 0 Å². The highest BCUT2D eigenvalue weighted by Gasteiger charge is 2.31. The van der Waals surface area contributed by atoms with Crippen LogP contribution in [0.1, 0.15) is 46.5 Å². The quantitative estimate of drug-likeness (QED) is 0.594. The van der Waals surface area contributed by atoms with Crippen molar-refractivity contribution in [3.05, 3.63) is 0 Å². The molecule has 0 amide bonds. The maximum Gasteiger partial charge on any atom is 0.0611 e. The second-order valence-corrected chi connectivity index (χ2v) is 5.68. The molecule has 1 saturated carbocycles. The van der Waals surface area contributed by atoms with Gasteiger partial charge in [0.05, 0.1) is 6.61 Å². The zero-order valence-corrected chi connectivity index (χ0v) is 11.0. The average molecular weight is 229 g/mol. The van der Waals surface area contributed by atoms with E-state index in [2.05, 4.69) is 26.1 Å². The molecule has 0 spiro atoms. The molecule has 1 unspecified atom stereocenters. The van der Waals surface area contributed by atoms with Crippen LogP contribution in [0.4, 0.5) is 0 Å². The molecule has 3 nitrogen and oxygen atoms in total. The molecule has 0 aliphatic heterocycles. The van der Waals surface area contributed by atoms with Gasteiger partial charge in [-0.3, -0.25) is 0 Å². The molecule has 0 aromatic heterocycles. The standard InChI is InChI=1S/C13H27NO2/c1-11(2)6-8-16-9-7-13(3,10-15)14-12-4-5-12/h11-12,14-15H,4-10H2,1-3H3. The topological polar surface area (TPSA) is 41.5 Å². The smallest absolute Gasteiger partial charge is 0.0611 e. The highest BCUT2D eigenvalue weighted by atomic mass is 16.5. The van der Waals surface area contributed by atoms with Gasteiger partial charge in [0.2, 0.25) is 0 Å². The third-order valence-corrected chi connectivity index (χ3v) is 3.12. The predicted molar refractivity (Wildman–Crippen MR) is 66.5 cm³/mol. The lowest BCUT2D eigenvalue weighted by Crippen LogP contribution is -2.47. The molecular formula is C13H27NO2. The molecule has 1 rings (SSSR count).